The van der Waals surface area contributed by atoms with Crippen LogP contribution in [0.2, 0.25) is 0 Å². The molecule has 0 unspecified atom stereocenters. The lowest BCUT2D eigenvalue weighted by atomic mass is 10.0. The molecule has 0 heterocycles. The third-order valence-electron chi connectivity index (χ3n) is 4.13. The van der Waals surface area contributed by atoms with Gasteiger partial charge in [0, 0.05) is 11.6 Å². The van der Waals surface area contributed by atoms with Crippen LogP contribution in [-0.2, 0) is 6.11 Å². The molecule has 3 rings (SSSR count). The molecule has 0 radical (unpaired) electrons. The van der Waals surface area contributed by atoms with E-state index in [0.29, 0.717) is 18.2 Å². The van der Waals surface area contributed by atoms with E-state index in [1.165, 1.54) is 12.1 Å². The fraction of sp³-hybridized carbons (Fsp3) is 0.143. The van der Waals surface area contributed by atoms with Crippen molar-refractivity contribution in [3.8, 4) is 22.6 Å². The molecular weight excluding hydrogens is 436 g/mol. The van der Waals surface area contributed by atoms with Crippen LogP contribution in [0.4, 0.5) is 35.1 Å². The van der Waals surface area contributed by atoms with E-state index >= 15 is 0 Å². The molecule has 10 heteroatoms. The van der Waals surface area contributed by atoms with Gasteiger partial charge in [0.1, 0.15) is 11.3 Å². The second kappa shape index (κ2) is 8.09. The average Bonchev–Trinajstić information content (AvgIpc) is 2.65. The molecule has 0 aliphatic heterocycles. The van der Waals surface area contributed by atoms with Gasteiger partial charge in [-0.25, -0.2) is 13.2 Å². The molecule has 2 nitrogen and oxygen atoms in total. The number of hydrogen-bond acceptors (Lipinski definition) is 2. The molecule has 0 aromatic heterocycles. The lowest BCUT2D eigenvalue weighted by Crippen LogP contribution is -2.24. The molecule has 0 fully saturated rings. The van der Waals surface area contributed by atoms with Gasteiger partial charge < -0.3 is 9.47 Å². The van der Waals surface area contributed by atoms with Gasteiger partial charge in [0.25, 0.3) is 0 Å². The van der Waals surface area contributed by atoms with Gasteiger partial charge in [0.15, 0.2) is 23.2 Å². The Kier molecular flexibility index (Phi) is 5.84. The number of halogens is 8. The topological polar surface area (TPSA) is 18.5 Å². The highest BCUT2D eigenvalue weighted by Crippen LogP contribution is 2.38. The SMILES string of the molecule is Cc1ccc(-c2ccc(C(F)(F)Oc3ccc(OC(F)(F)F)c(F)c3)c(F)c2F)cc1. The van der Waals surface area contributed by atoms with Crippen LogP contribution in [0.1, 0.15) is 11.1 Å². The lowest BCUT2D eigenvalue weighted by molar-refractivity contribution is -0.275. The van der Waals surface area contributed by atoms with Crippen LogP contribution in [0.25, 0.3) is 11.1 Å². The summed E-state index contributed by atoms with van der Waals surface area (Å²) in [5.74, 6) is -7.29. The average molecular weight is 448 g/mol. The molecule has 0 amide bonds. The Hall–Kier alpha value is -3.30. The summed E-state index contributed by atoms with van der Waals surface area (Å²) in [5.41, 5.74) is -0.645. The first kappa shape index (κ1) is 22.4. The summed E-state index contributed by atoms with van der Waals surface area (Å²) in [6.45, 7) is 1.77. The highest BCUT2D eigenvalue weighted by atomic mass is 19.4. The molecule has 0 bridgehead atoms. The van der Waals surface area contributed by atoms with Gasteiger partial charge in [-0.3, -0.25) is 0 Å². The largest absolute Gasteiger partial charge is 0.573 e. The first-order chi connectivity index (χ1) is 14.4. The lowest BCUT2D eigenvalue weighted by Gasteiger charge is -2.20. The first-order valence-corrected chi connectivity index (χ1v) is 8.55. The molecule has 3 aromatic rings. The van der Waals surface area contributed by atoms with Crippen LogP contribution >= 0.6 is 0 Å². The number of aryl methyl sites for hydroxylation is 1. The van der Waals surface area contributed by atoms with Gasteiger partial charge in [-0.1, -0.05) is 35.9 Å². The zero-order valence-electron chi connectivity index (χ0n) is 15.5. The minimum Gasteiger partial charge on any atom is -0.429 e. The van der Waals surface area contributed by atoms with E-state index in [9.17, 15) is 35.1 Å². The summed E-state index contributed by atoms with van der Waals surface area (Å²) in [5, 5.41) is 0. The monoisotopic (exact) mass is 448 g/mol. The van der Waals surface area contributed by atoms with E-state index in [0.717, 1.165) is 11.6 Å². The Morgan fingerprint density at radius 1 is 0.710 bits per heavy atom. The van der Waals surface area contributed by atoms with Crippen LogP contribution in [-0.4, -0.2) is 6.36 Å². The molecule has 0 N–H and O–H groups in total. The van der Waals surface area contributed by atoms with Gasteiger partial charge in [-0.15, -0.1) is 13.2 Å². The number of benzene rings is 3. The highest BCUT2D eigenvalue weighted by Gasteiger charge is 2.40. The Morgan fingerprint density at radius 2 is 1.35 bits per heavy atom. The van der Waals surface area contributed by atoms with Crippen molar-refractivity contribution in [1.29, 1.82) is 0 Å². The van der Waals surface area contributed by atoms with Gasteiger partial charge in [0.2, 0.25) is 0 Å². The van der Waals surface area contributed by atoms with Gasteiger partial charge in [-0.05, 0) is 30.7 Å². The molecule has 0 spiro atoms. The fourth-order valence-electron chi connectivity index (χ4n) is 2.69. The number of rotatable bonds is 5. The van der Waals surface area contributed by atoms with Crippen molar-refractivity contribution >= 4 is 0 Å². The minimum absolute atomic E-state index is 0.198. The predicted molar refractivity (Wildman–Crippen MR) is 94.1 cm³/mol. The van der Waals surface area contributed by atoms with E-state index in [-0.39, 0.29) is 17.2 Å². The van der Waals surface area contributed by atoms with Crippen LogP contribution in [0, 0.1) is 24.4 Å². The van der Waals surface area contributed by atoms with Crippen LogP contribution < -0.4 is 9.47 Å². The summed E-state index contributed by atoms with van der Waals surface area (Å²) < 4.78 is 115. The summed E-state index contributed by atoms with van der Waals surface area (Å²) in [6, 6.07) is 8.91. The molecule has 0 aliphatic carbocycles. The normalized spacial score (nSPS) is 12.0. The zero-order valence-corrected chi connectivity index (χ0v) is 15.5. The van der Waals surface area contributed by atoms with Crippen molar-refractivity contribution in [2.75, 3.05) is 0 Å². The van der Waals surface area contributed by atoms with E-state index in [1.807, 2.05) is 0 Å². The predicted octanol–water partition coefficient (Wildman–Crippen LogP) is 7.11. The maximum atomic E-state index is 14.4. The Balaban J connectivity index is 1.89. The summed E-state index contributed by atoms with van der Waals surface area (Å²) in [7, 11) is 0. The Labute approximate surface area is 170 Å². The Morgan fingerprint density at radius 3 is 1.94 bits per heavy atom. The van der Waals surface area contributed by atoms with Crippen molar-refractivity contribution in [3.05, 3.63) is 83.2 Å². The van der Waals surface area contributed by atoms with E-state index < -0.39 is 47.0 Å². The standard InChI is InChI=1S/C21H12F8O2/c1-11-2-4-12(5-3-11)14-7-8-15(19(24)18(14)23)20(25,26)30-13-6-9-17(16(22)10-13)31-21(27,28)29/h2-10H,1H3. The Bertz CT molecular complexity index is 1090. The van der Waals surface area contributed by atoms with E-state index in [2.05, 4.69) is 9.47 Å². The molecule has 3 aromatic carbocycles. The minimum atomic E-state index is -5.20. The maximum Gasteiger partial charge on any atom is 0.573 e. The van der Waals surface area contributed by atoms with Crippen LogP contribution in [0.5, 0.6) is 11.5 Å². The third kappa shape index (κ3) is 5.07. The number of ether oxygens (including phenoxy) is 2. The number of alkyl halides is 5. The van der Waals surface area contributed by atoms with Gasteiger partial charge in [0.05, 0.1) is 0 Å². The van der Waals surface area contributed by atoms with Crippen molar-refractivity contribution in [2.24, 2.45) is 0 Å². The second-order valence-corrected chi connectivity index (χ2v) is 6.41. The van der Waals surface area contributed by atoms with Crippen molar-refractivity contribution in [2.45, 2.75) is 19.4 Å². The van der Waals surface area contributed by atoms with Crippen molar-refractivity contribution in [1.82, 2.24) is 0 Å². The fourth-order valence-corrected chi connectivity index (χ4v) is 2.69. The van der Waals surface area contributed by atoms with E-state index in [4.69, 9.17) is 0 Å². The maximum absolute atomic E-state index is 14.4. The molecule has 0 aliphatic rings. The molecular formula is C21H12F8O2. The van der Waals surface area contributed by atoms with Crippen LogP contribution in [0.15, 0.2) is 54.6 Å². The molecule has 31 heavy (non-hydrogen) atoms. The van der Waals surface area contributed by atoms with Gasteiger partial charge >= 0.3 is 12.5 Å². The summed E-state index contributed by atoms with van der Waals surface area (Å²) >= 11 is 0. The summed E-state index contributed by atoms with van der Waals surface area (Å²) in [6.07, 6.45) is -9.66. The molecule has 0 saturated carbocycles. The second-order valence-electron chi connectivity index (χ2n) is 6.41. The first-order valence-electron chi connectivity index (χ1n) is 8.55. The van der Waals surface area contributed by atoms with Crippen LogP contribution in [0.3, 0.4) is 0 Å². The number of hydrogen-bond donors (Lipinski definition) is 0. The smallest absolute Gasteiger partial charge is 0.429 e. The third-order valence-corrected chi connectivity index (χ3v) is 4.13. The van der Waals surface area contributed by atoms with Crippen molar-refractivity contribution < 1.29 is 44.6 Å². The molecule has 164 valence electrons. The summed E-state index contributed by atoms with van der Waals surface area (Å²) in [4.78, 5) is 0. The van der Waals surface area contributed by atoms with Crippen molar-refractivity contribution in [3.63, 3.8) is 0 Å². The quantitative estimate of drug-likeness (QED) is 0.388. The zero-order chi connectivity index (χ0) is 23.0. The highest BCUT2D eigenvalue weighted by molar-refractivity contribution is 5.65. The molecule has 0 saturated heterocycles. The van der Waals surface area contributed by atoms with Gasteiger partial charge in [-0.2, -0.15) is 8.78 Å². The molecule has 0 atom stereocenters. The van der Waals surface area contributed by atoms with E-state index in [1.54, 1.807) is 19.1 Å².